The van der Waals surface area contributed by atoms with Crippen LogP contribution in [-0.2, 0) is 9.53 Å². The fraction of sp³-hybridized carbons (Fsp3) is 0.583. The Hall–Kier alpha value is -1.73. The quantitative estimate of drug-likeness (QED) is 0.544. The molecule has 1 aliphatic rings. The number of carbonyl (C=O) groups excluding carboxylic acids is 1. The van der Waals surface area contributed by atoms with Crippen molar-refractivity contribution >= 4 is 18.1 Å². The van der Waals surface area contributed by atoms with Crippen LogP contribution in [0.5, 0.6) is 0 Å². The molecule has 1 rings (SSSR count). The third kappa shape index (κ3) is 4.15. The fourth-order valence-corrected chi connectivity index (χ4v) is 1.54. The van der Waals surface area contributed by atoms with Crippen LogP contribution in [0.2, 0.25) is 0 Å². The van der Waals surface area contributed by atoms with E-state index in [9.17, 15) is 9.90 Å². The Bertz CT molecular complexity index is 394. The average Bonchev–Trinajstić information content (AvgIpc) is 2.74. The van der Waals surface area contributed by atoms with Gasteiger partial charge in [0.15, 0.2) is 0 Å². The molecular formula is C12H20N4O3. The van der Waals surface area contributed by atoms with Crippen LogP contribution in [-0.4, -0.2) is 48.2 Å². The highest BCUT2D eigenvalue weighted by Gasteiger charge is 2.40. The molecule has 0 saturated carbocycles. The number of nitrogens with zero attached hydrogens (tertiary/aromatic N) is 2. The predicted octanol–water partition coefficient (Wildman–Crippen LogP) is -0.438. The van der Waals surface area contributed by atoms with Gasteiger partial charge in [-0.1, -0.05) is 19.6 Å². The molecule has 0 aromatic carbocycles. The van der Waals surface area contributed by atoms with Gasteiger partial charge in [-0.2, -0.15) is 0 Å². The van der Waals surface area contributed by atoms with E-state index in [0.29, 0.717) is 6.54 Å². The highest BCUT2D eigenvalue weighted by Crippen LogP contribution is 2.21. The van der Waals surface area contributed by atoms with E-state index < -0.39 is 11.8 Å². The number of nitrogens with two attached hydrogens (primary N) is 1. The molecule has 106 valence electrons. The van der Waals surface area contributed by atoms with E-state index in [1.165, 1.54) is 12.4 Å². The lowest BCUT2D eigenvalue weighted by molar-refractivity contribution is -0.123. The van der Waals surface area contributed by atoms with Crippen molar-refractivity contribution in [3.8, 4) is 0 Å². The number of aliphatic imine (C=N–C) groups is 2. The number of aliphatic hydroxyl groups is 1. The lowest BCUT2D eigenvalue weighted by Gasteiger charge is -2.24. The van der Waals surface area contributed by atoms with Crippen molar-refractivity contribution in [3.05, 3.63) is 12.7 Å². The van der Waals surface area contributed by atoms with E-state index in [-0.39, 0.29) is 24.8 Å². The van der Waals surface area contributed by atoms with E-state index in [4.69, 9.17) is 10.5 Å². The number of nitrogens with one attached hydrogen (secondary N) is 1. The van der Waals surface area contributed by atoms with Gasteiger partial charge in [0, 0.05) is 13.0 Å². The third-order valence-corrected chi connectivity index (χ3v) is 2.52. The maximum absolute atomic E-state index is 11.7. The van der Waals surface area contributed by atoms with Gasteiger partial charge < -0.3 is 20.9 Å². The van der Waals surface area contributed by atoms with Crippen LogP contribution < -0.4 is 11.1 Å². The summed E-state index contributed by atoms with van der Waals surface area (Å²) >= 11 is 0. The third-order valence-electron chi connectivity index (χ3n) is 2.52. The topological polar surface area (TPSA) is 109 Å². The monoisotopic (exact) mass is 268 g/mol. The molecule has 0 bridgehead atoms. The van der Waals surface area contributed by atoms with Crippen molar-refractivity contribution < 1.29 is 14.6 Å². The first-order valence-electron chi connectivity index (χ1n) is 6.15. The highest BCUT2D eigenvalue weighted by molar-refractivity contribution is 5.96. The minimum Gasteiger partial charge on any atom is -0.473 e. The summed E-state index contributed by atoms with van der Waals surface area (Å²) in [4.78, 5) is 19.3. The van der Waals surface area contributed by atoms with Crippen LogP contribution in [0.15, 0.2) is 22.6 Å². The number of carbonyl (C=O) groups is 1. The second-order valence-electron chi connectivity index (χ2n) is 4.20. The number of ether oxygens (including phenoxy) is 1. The van der Waals surface area contributed by atoms with Crippen molar-refractivity contribution in [3.63, 3.8) is 0 Å². The van der Waals surface area contributed by atoms with Crippen molar-refractivity contribution in [2.45, 2.75) is 31.5 Å². The Morgan fingerprint density at radius 3 is 3.16 bits per heavy atom. The van der Waals surface area contributed by atoms with E-state index in [1.54, 1.807) is 0 Å². The van der Waals surface area contributed by atoms with Crippen LogP contribution in [0.1, 0.15) is 19.8 Å². The molecular weight excluding hydrogens is 248 g/mol. The first kappa shape index (κ1) is 15.3. The molecule has 0 saturated heterocycles. The van der Waals surface area contributed by atoms with Gasteiger partial charge in [0.05, 0.1) is 6.04 Å². The molecule has 1 aliphatic heterocycles. The SMILES string of the molecule is C=CCOC1=NC=NC1(O)CC(N)C(=O)NCCC. The van der Waals surface area contributed by atoms with Gasteiger partial charge in [-0.3, -0.25) is 4.79 Å². The van der Waals surface area contributed by atoms with Gasteiger partial charge in [0.25, 0.3) is 0 Å². The zero-order chi connectivity index (χ0) is 14.3. The van der Waals surface area contributed by atoms with Crippen molar-refractivity contribution in [2.24, 2.45) is 15.7 Å². The maximum Gasteiger partial charge on any atom is 0.246 e. The second kappa shape index (κ2) is 7.01. The highest BCUT2D eigenvalue weighted by atomic mass is 16.5. The number of amides is 1. The van der Waals surface area contributed by atoms with Gasteiger partial charge >= 0.3 is 0 Å². The molecule has 19 heavy (non-hydrogen) atoms. The van der Waals surface area contributed by atoms with Gasteiger partial charge in [-0.05, 0) is 6.42 Å². The van der Waals surface area contributed by atoms with Gasteiger partial charge in [0.1, 0.15) is 12.9 Å². The average molecular weight is 268 g/mol. The number of rotatable bonds is 7. The van der Waals surface area contributed by atoms with E-state index in [2.05, 4.69) is 21.9 Å². The summed E-state index contributed by atoms with van der Waals surface area (Å²) in [6.07, 6.45) is 3.44. The standard InChI is InChI=1S/C12H20N4O3/c1-3-5-14-10(17)9(13)7-12(18)11(15-8-16-12)19-6-4-2/h4,8-9,18H,2-3,5-7,13H2,1H3,(H,14,17). The zero-order valence-corrected chi connectivity index (χ0v) is 11.0. The Kier molecular flexibility index (Phi) is 5.65. The molecule has 4 N–H and O–H groups in total. The summed E-state index contributed by atoms with van der Waals surface area (Å²) < 4.78 is 5.20. The molecule has 1 heterocycles. The maximum atomic E-state index is 11.7. The Morgan fingerprint density at radius 2 is 2.53 bits per heavy atom. The van der Waals surface area contributed by atoms with Crippen LogP contribution in [0.3, 0.4) is 0 Å². The Morgan fingerprint density at radius 1 is 1.79 bits per heavy atom. The van der Waals surface area contributed by atoms with Crippen LogP contribution >= 0.6 is 0 Å². The summed E-state index contributed by atoms with van der Waals surface area (Å²) in [6, 6.07) is -0.885. The second-order valence-corrected chi connectivity index (χ2v) is 4.20. The molecule has 0 aliphatic carbocycles. The molecule has 2 unspecified atom stereocenters. The Balaban J connectivity index is 2.58. The molecule has 0 fully saturated rings. The fourth-order valence-electron chi connectivity index (χ4n) is 1.54. The van der Waals surface area contributed by atoms with Gasteiger partial charge in [-0.15, -0.1) is 0 Å². The lowest BCUT2D eigenvalue weighted by atomic mass is 10.0. The number of hydrogen-bond acceptors (Lipinski definition) is 6. The number of hydrogen-bond donors (Lipinski definition) is 3. The molecule has 7 heteroatoms. The molecule has 0 radical (unpaired) electrons. The van der Waals surface area contributed by atoms with Gasteiger partial charge in [-0.25, -0.2) is 9.98 Å². The first-order valence-corrected chi connectivity index (χ1v) is 6.15. The summed E-state index contributed by atoms with van der Waals surface area (Å²) in [6.45, 7) is 6.18. The summed E-state index contributed by atoms with van der Waals surface area (Å²) in [5.41, 5.74) is 4.06. The summed E-state index contributed by atoms with van der Waals surface area (Å²) in [5, 5.41) is 12.9. The zero-order valence-electron chi connectivity index (χ0n) is 11.0. The molecule has 7 nitrogen and oxygen atoms in total. The largest absolute Gasteiger partial charge is 0.473 e. The molecule has 0 spiro atoms. The van der Waals surface area contributed by atoms with E-state index in [1.807, 2.05) is 6.92 Å². The van der Waals surface area contributed by atoms with Crippen molar-refractivity contribution in [1.82, 2.24) is 5.32 Å². The smallest absolute Gasteiger partial charge is 0.246 e. The van der Waals surface area contributed by atoms with Crippen LogP contribution in [0.4, 0.5) is 0 Å². The molecule has 0 aromatic rings. The molecule has 1 amide bonds. The Labute approximate surface area is 112 Å². The summed E-state index contributed by atoms with van der Waals surface area (Å²) in [5.74, 6) is -0.299. The minimum atomic E-state index is -1.67. The first-order chi connectivity index (χ1) is 9.03. The minimum absolute atomic E-state index is 0.0335. The van der Waals surface area contributed by atoms with E-state index >= 15 is 0 Å². The van der Waals surface area contributed by atoms with Crippen molar-refractivity contribution in [1.29, 1.82) is 0 Å². The predicted molar refractivity (Wildman–Crippen MR) is 72.9 cm³/mol. The summed E-state index contributed by atoms with van der Waals surface area (Å²) in [7, 11) is 0. The normalized spacial score (nSPS) is 22.8. The molecule has 0 aromatic heterocycles. The molecule has 2 atom stereocenters. The van der Waals surface area contributed by atoms with Crippen LogP contribution in [0, 0.1) is 0 Å². The van der Waals surface area contributed by atoms with Crippen LogP contribution in [0.25, 0.3) is 0 Å². The van der Waals surface area contributed by atoms with Crippen molar-refractivity contribution in [2.75, 3.05) is 13.2 Å². The van der Waals surface area contributed by atoms with E-state index in [0.717, 1.165) is 6.42 Å². The van der Waals surface area contributed by atoms with Gasteiger partial charge in [0.2, 0.25) is 17.5 Å². The lowest BCUT2D eigenvalue weighted by Crippen LogP contribution is -2.48.